The van der Waals surface area contributed by atoms with E-state index < -0.39 is 0 Å². The van der Waals surface area contributed by atoms with E-state index in [0.717, 1.165) is 36.4 Å². The average Bonchev–Trinajstić information content (AvgIpc) is 2.42. The van der Waals surface area contributed by atoms with E-state index in [2.05, 4.69) is 21.6 Å². The predicted octanol–water partition coefficient (Wildman–Crippen LogP) is 2.39. The van der Waals surface area contributed by atoms with Gasteiger partial charge in [0, 0.05) is 31.9 Å². The molecular formula is C16H25N3O. The first kappa shape index (κ1) is 14.9. The average molecular weight is 275 g/mol. The zero-order valence-electron chi connectivity index (χ0n) is 12.7. The molecule has 2 N–H and O–H groups in total. The Bertz CT molecular complexity index is 465. The van der Waals surface area contributed by atoms with Gasteiger partial charge in [-0.3, -0.25) is 4.79 Å². The standard InChI is InChI=1S/C16H25N3O/c1-12-9-14(19(2)3)6-7-15(12)18-16(20)10-13-5-4-8-17-11-13/h6-7,9,13,17H,4-5,8,10-11H2,1-3H3,(H,18,20). The molecule has 0 aromatic heterocycles. The highest BCUT2D eigenvalue weighted by molar-refractivity contribution is 5.91. The molecule has 4 heteroatoms. The van der Waals surface area contributed by atoms with Crippen molar-refractivity contribution in [2.45, 2.75) is 26.2 Å². The number of piperidine rings is 1. The van der Waals surface area contributed by atoms with Crippen LogP contribution in [-0.4, -0.2) is 33.1 Å². The van der Waals surface area contributed by atoms with Crippen LogP contribution in [0.4, 0.5) is 11.4 Å². The van der Waals surface area contributed by atoms with E-state index in [1.165, 1.54) is 6.42 Å². The van der Waals surface area contributed by atoms with Crippen molar-refractivity contribution in [3.63, 3.8) is 0 Å². The zero-order valence-corrected chi connectivity index (χ0v) is 12.7. The van der Waals surface area contributed by atoms with Crippen molar-refractivity contribution in [3.8, 4) is 0 Å². The van der Waals surface area contributed by atoms with E-state index >= 15 is 0 Å². The molecule has 1 saturated heterocycles. The minimum Gasteiger partial charge on any atom is -0.378 e. The Labute approximate surface area is 121 Å². The highest BCUT2D eigenvalue weighted by Gasteiger charge is 2.17. The summed E-state index contributed by atoms with van der Waals surface area (Å²) in [4.78, 5) is 14.2. The molecule has 1 unspecified atom stereocenters. The summed E-state index contributed by atoms with van der Waals surface area (Å²) in [6.07, 6.45) is 2.94. The van der Waals surface area contributed by atoms with E-state index in [0.29, 0.717) is 12.3 Å². The monoisotopic (exact) mass is 275 g/mol. The lowest BCUT2D eigenvalue weighted by molar-refractivity contribution is -0.117. The Kier molecular flexibility index (Phi) is 5.01. The Balaban J connectivity index is 1.93. The molecule has 1 aromatic rings. The van der Waals surface area contributed by atoms with Crippen LogP contribution in [0.25, 0.3) is 0 Å². The first-order valence-electron chi connectivity index (χ1n) is 7.35. The number of hydrogen-bond acceptors (Lipinski definition) is 3. The van der Waals surface area contributed by atoms with Gasteiger partial charge in [-0.1, -0.05) is 0 Å². The number of anilines is 2. The second-order valence-corrected chi connectivity index (χ2v) is 5.86. The van der Waals surface area contributed by atoms with E-state index in [4.69, 9.17) is 0 Å². The van der Waals surface area contributed by atoms with Crippen molar-refractivity contribution in [1.82, 2.24) is 5.32 Å². The molecule has 1 aliphatic heterocycles. The smallest absolute Gasteiger partial charge is 0.224 e. The molecule has 110 valence electrons. The van der Waals surface area contributed by atoms with Crippen LogP contribution in [0.5, 0.6) is 0 Å². The SMILES string of the molecule is Cc1cc(N(C)C)ccc1NC(=O)CC1CCCNC1. The van der Waals surface area contributed by atoms with Gasteiger partial charge in [-0.05, 0) is 62.5 Å². The summed E-state index contributed by atoms with van der Waals surface area (Å²) in [5.74, 6) is 0.601. The minimum atomic E-state index is 0.124. The molecule has 0 spiro atoms. The van der Waals surface area contributed by atoms with Crippen molar-refractivity contribution >= 4 is 17.3 Å². The molecule has 2 rings (SSSR count). The van der Waals surface area contributed by atoms with Gasteiger partial charge in [0.1, 0.15) is 0 Å². The fourth-order valence-electron chi connectivity index (χ4n) is 2.63. The number of hydrogen-bond donors (Lipinski definition) is 2. The van der Waals surface area contributed by atoms with Gasteiger partial charge in [0.05, 0.1) is 0 Å². The third kappa shape index (κ3) is 3.97. The second kappa shape index (κ2) is 6.75. The van der Waals surface area contributed by atoms with Crippen LogP contribution < -0.4 is 15.5 Å². The molecule has 20 heavy (non-hydrogen) atoms. The summed E-state index contributed by atoms with van der Waals surface area (Å²) in [5.41, 5.74) is 3.17. The number of carbonyl (C=O) groups is 1. The van der Waals surface area contributed by atoms with E-state index in [1.807, 2.05) is 33.2 Å². The number of nitrogens with one attached hydrogen (secondary N) is 2. The van der Waals surface area contributed by atoms with Crippen molar-refractivity contribution in [1.29, 1.82) is 0 Å². The highest BCUT2D eigenvalue weighted by Crippen LogP contribution is 2.22. The summed E-state index contributed by atoms with van der Waals surface area (Å²) in [5, 5.41) is 6.39. The summed E-state index contributed by atoms with van der Waals surface area (Å²) in [7, 11) is 4.03. The van der Waals surface area contributed by atoms with Crippen LogP contribution in [0.1, 0.15) is 24.8 Å². The van der Waals surface area contributed by atoms with Crippen molar-refractivity contribution in [3.05, 3.63) is 23.8 Å². The maximum atomic E-state index is 12.1. The molecule has 0 saturated carbocycles. The quantitative estimate of drug-likeness (QED) is 0.887. The third-order valence-electron chi connectivity index (χ3n) is 3.87. The summed E-state index contributed by atoms with van der Waals surface area (Å²) in [6, 6.07) is 6.12. The third-order valence-corrected chi connectivity index (χ3v) is 3.87. The fourth-order valence-corrected chi connectivity index (χ4v) is 2.63. The molecule has 1 amide bonds. The van der Waals surface area contributed by atoms with Crippen LogP contribution in [0.15, 0.2) is 18.2 Å². The van der Waals surface area contributed by atoms with Crippen LogP contribution in [0, 0.1) is 12.8 Å². The normalized spacial score (nSPS) is 18.6. The predicted molar refractivity (Wildman–Crippen MR) is 84.3 cm³/mol. The number of benzene rings is 1. The van der Waals surface area contributed by atoms with Gasteiger partial charge in [-0.25, -0.2) is 0 Å². The number of amides is 1. The van der Waals surface area contributed by atoms with Gasteiger partial charge >= 0.3 is 0 Å². The largest absolute Gasteiger partial charge is 0.378 e. The second-order valence-electron chi connectivity index (χ2n) is 5.86. The number of nitrogens with zero attached hydrogens (tertiary/aromatic N) is 1. The van der Waals surface area contributed by atoms with Gasteiger partial charge in [0.15, 0.2) is 0 Å². The van der Waals surface area contributed by atoms with Crippen molar-refractivity contribution in [2.24, 2.45) is 5.92 Å². The molecule has 0 bridgehead atoms. The Hall–Kier alpha value is -1.55. The molecule has 1 heterocycles. The molecule has 0 aliphatic carbocycles. The fraction of sp³-hybridized carbons (Fsp3) is 0.562. The molecule has 1 fully saturated rings. The first-order chi connectivity index (χ1) is 9.56. The van der Waals surface area contributed by atoms with Crippen LogP contribution >= 0.6 is 0 Å². The highest BCUT2D eigenvalue weighted by atomic mass is 16.1. The summed E-state index contributed by atoms with van der Waals surface area (Å²) in [6.45, 7) is 4.08. The number of aryl methyl sites for hydroxylation is 1. The lowest BCUT2D eigenvalue weighted by Gasteiger charge is -2.22. The molecule has 4 nitrogen and oxygen atoms in total. The lowest BCUT2D eigenvalue weighted by atomic mass is 9.96. The molecule has 0 radical (unpaired) electrons. The van der Waals surface area contributed by atoms with E-state index in [1.54, 1.807) is 0 Å². The summed E-state index contributed by atoms with van der Waals surface area (Å²) < 4.78 is 0. The van der Waals surface area contributed by atoms with Gasteiger partial charge in [0.25, 0.3) is 0 Å². The lowest BCUT2D eigenvalue weighted by Crippen LogP contribution is -2.32. The van der Waals surface area contributed by atoms with Crippen LogP contribution in [0.2, 0.25) is 0 Å². The van der Waals surface area contributed by atoms with Gasteiger partial charge in [-0.15, -0.1) is 0 Å². The van der Waals surface area contributed by atoms with E-state index in [-0.39, 0.29) is 5.91 Å². The van der Waals surface area contributed by atoms with Gasteiger partial charge in [0.2, 0.25) is 5.91 Å². The maximum absolute atomic E-state index is 12.1. The number of carbonyl (C=O) groups excluding carboxylic acids is 1. The zero-order chi connectivity index (χ0) is 14.5. The summed E-state index contributed by atoms with van der Waals surface area (Å²) >= 11 is 0. The topological polar surface area (TPSA) is 44.4 Å². The minimum absolute atomic E-state index is 0.124. The van der Waals surface area contributed by atoms with Crippen molar-refractivity contribution in [2.75, 3.05) is 37.4 Å². The first-order valence-corrected chi connectivity index (χ1v) is 7.35. The maximum Gasteiger partial charge on any atom is 0.224 e. The Morgan fingerprint density at radius 2 is 2.25 bits per heavy atom. The van der Waals surface area contributed by atoms with E-state index in [9.17, 15) is 4.79 Å². The van der Waals surface area contributed by atoms with Crippen LogP contribution in [0.3, 0.4) is 0 Å². The molecule has 1 atom stereocenters. The molecule has 1 aromatic carbocycles. The Morgan fingerprint density at radius 3 is 2.85 bits per heavy atom. The molecule has 1 aliphatic rings. The Morgan fingerprint density at radius 1 is 1.45 bits per heavy atom. The van der Waals surface area contributed by atoms with Gasteiger partial charge < -0.3 is 15.5 Å². The van der Waals surface area contributed by atoms with Crippen LogP contribution in [-0.2, 0) is 4.79 Å². The van der Waals surface area contributed by atoms with Gasteiger partial charge in [-0.2, -0.15) is 0 Å². The number of rotatable bonds is 4. The van der Waals surface area contributed by atoms with Crippen molar-refractivity contribution < 1.29 is 4.79 Å². The molecular weight excluding hydrogens is 250 g/mol.